The Morgan fingerprint density at radius 2 is 0.568 bits per heavy atom. The van der Waals surface area contributed by atoms with Crippen molar-refractivity contribution in [2.24, 2.45) is 0 Å². The molecule has 17 aromatic rings. The number of nitrogens with zero attached hydrogens (tertiary/aromatic N) is 2. The smallest absolute Gasteiger partial charge is 0.181 e. The zero-order valence-corrected chi connectivity index (χ0v) is 50.0. The van der Waals surface area contributed by atoms with Crippen LogP contribution in [-0.2, 0) is 0 Å². The second kappa shape index (κ2) is 21.3. The predicted octanol–water partition coefficient (Wildman–Crippen LogP) is 20.0. The maximum atomic E-state index is 2.59. The van der Waals surface area contributed by atoms with Crippen molar-refractivity contribution >= 4 is 104 Å². The van der Waals surface area contributed by atoms with Gasteiger partial charge in [0.25, 0.3) is 0 Å². The van der Waals surface area contributed by atoms with Gasteiger partial charge in [-0.2, -0.15) is 0 Å². The minimum atomic E-state index is -3.25. The Hall–Kier alpha value is -10.9. The Bertz CT molecular complexity index is 5430. The predicted molar refractivity (Wildman–Crippen MR) is 379 cm³/mol. The molecule has 14 aromatic carbocycles. The van der Waals surface area contributed by atoms with Crippen LogP contribution in [0.4, 0.5) is 0 Å². The quantitative estimate of drug-likeness (QED) is 0.0902. The van der Waals surface area contributed by atoms with Gasteiger partial charge in [-0.05, 0) is 155 Å². The first-order valence-electron chi connectivity index (χ1n) is 30.3. The maximum absolute atomic E-state index is 3.25. The molecule has 0 radical (unpaired) electrons. The average molecular weight is 1150 g/mol. The number of fused-ring (bicyclic) bond motifs is 9. The van der Waals surface area contributed by atoms with Gasteiger partial charge in [0.1, 0.15) is 0 Å². The van der Waals surface area contributed by atoms with Gasteiger partial charge in [0, 0.05) is 53.1 Å². The van der Waals surface area contributed by atoms with Crippen LogP contribution in [0.25, 0.3) is 131 Å². The zero-order chi connectivity index (χ0) is 58.1. The van der Waals surface area contributed by atoms with Gasteiger partial charge >= 0.3 is 0 Å². The number of rotatable bonds is 11. The number of benzene rings is 14. The third-order valence-electron chi connectivity index (χ3n) is 18.2. The molecule has 0 unspecified atom stereocenters. The standard InChI is InChI=1S/C84H56N2SSi/c1-4-23-57(24-5-1)58-25-18-26-59(49-58)60-27-19-28-61(50-60)62-29-20-30-63(51-62)64-31-21-32-65(52-64)66-33-22-38-71(53-66)88(69-34-6-2-7-35-69,70-36-8-3-9-37-70)83-56-68(55-77-75-42-13-17-46-82(75)87-84(77)83)86-80-45-16-12-41-74(80)76-54-67(47-48-81(76)86)85-78-43-14-10-39-72(78)73-40-11-15-44-79(73)85/h1-56H. The van der Waals surface area contributed by atoms with Gasteiger partial charge in [-0.1, -0.05) is 261 Å². The van der Waals surface area contributed by atoms with Crippen molar-refractivity contribution in [1.29, 1.82) is 0 Å². The molecule has 0 aliphatic heterocycles. The molecule has 4 heteroatoms. The highest BCUT2D eigenvalue weighted by Gasteiger charge is 2.44. The normalized spacial score (nSPS) is 11.9. The van der Waals surface area contributed by atoms with Crippen LogP contribution >= 0.6 is 11.3 Å². The van der Waals surface area contributed by atoms with E-state index in [9.17, 15) is 0 Å². The number of thiophene rings is 1. The Morgan fingerprint density at radius 1 is 0.216 bits per heavy atom. The lowest BCUT2D eigenvalue weighted by atomic mass is 9.94. The molecule has 0 saturated carbocycles. The second-order valence-electron chi connectivity index (χ2n) is 23.1. The maximum Gasteiger partial charge on any atom is 0.181 e. The van der Waals surface area contributed by atoms with Crippen molar-refractivity contribution in [2.75, 3.05) is 0 Å². The molecule has 0 bridgehead atoms. The molecule has 88 heavy (non-hydrogen) atoms. The summed E-state index contributed by atoms with van der Waals surface area (Å²) in [5.41, 5.74) is 19.0. The van der Waals surface area contributed by atoms with Crippen molar-refractivity contribution in [1.82, 2.24) is 9.13 Å². The van der Waals surface area contributed by atoms with Gasteiger partial charge in [0.15, 0.2) is 8.07 Å². The van der Waals surface area contributed by atoms with Crippen LogP contribution < -0.4 is 20.7 Å². The molecular weight excluding hydrogens is 1100 g/mol. The van der Waals surface area contributed by atoms with E-state index in [2.05, 4.69) is 349 Å². The van der Waals surface area contributed by atoms with Crippen molar-refractivity contribution < 1.29 is 0 Å². The minimum Gasteiger partial charge on any atom is -0.309 e. The molecule has 3 aromatic heterocycles. The third kappa shape index (κ3) is 8.52. The van der Waals surface area contributed by atoms with Gasteiger partial charge in [-0.15, -0.1) is 11.3 Å². The lowest BCUT2D eigenvalue weighted by Crippen LogP contribution is -2.74. The summed E-state index contributed by atoms with van der Waals surface area (Å²) < 4.78 is 7.60. The molecule has 0 atom stereocenters. The van der Waals surface area contributed by atoms with Crippen LogP contribution in [-0.4, -0.2) is 17.2 Å². The molecule has 0 amide bonds. The van der Waals surface area contributed by atoms with E-state index in [0.717, 1.165) is 11.4 Å². The van der Waals surface area contributed by atoms with Crippen molar-refractivity contribution in [2.45, 2.75) is 0 Å². The Labute approximate surface area is 516 Å². The van der Waals surface area contributed by atoms with E-state index in [0.29, 0.717) is 0 Å². The van der Waals surface area contributed by atoms with Gasteiger partial charge in [-0.3, -0.25) is 0 Å². The summed E-state index contributed by atoms with van der Waals surface area (Å²) >= 11 is 1.94. The number of hydrogen-bond donors (Lipinski definition) is 0. The topological polar surface area (TPSA) is 9.86 Å². The first-order valence-corrected chi connectivity index (χ1v) is 33.1. The Morgan fingerprint density at radius 3 is 1.08 bits per heavy atom. The molecule has 0 saturated heterocycles. The van der Waals surface area contributed by atoms with Crippen LogP contribution in [0, 0.1) is 0 Å². The highest BCUT2D eigenvalue weighted by molar-refractivity contribution is 7.30. The Balaban J connectivity index is 0.832. The van der Waals surface area contributed by atoms with Crippen LogP contribution in [0.1, 0.15) is 0 Å². The van der Waals surface area contributed by atoms with E-state index in [1.54, 1.807) is 0 Å². The third-order valence-corrected chi connectivity index (χ3v) is 24.4. The monoisotopic (exact) mass is 1150 g/mol. The second-order valence-corrected chi connectivity index (χ2v) is 28.0. The summed E-state index contributed by atoms with van der Waals surface area (Å²) in [4.78, 5) is 0. The summed E-state index contributed by atoms with van der Waals surface area (Å²) in [6, 6.07) is 127. The van der Waals surface area contributed by atoms with Gasteiger partial charge in [0.2, 0.25) is 0 Å². The fourth-order valence-corrected chi connectivity index (χ4v) is 20.8. The van der Waals surface area contributed by atoms with Crippen LogP contribution in [0.15, 0.2) is 340 Å². The lowest BCUT2D eigenvalue weighted by molar-refractivity contribution is 1.17. The molecule has 412 valence electrons. The van der Waals surface area contributed by atoms with E-state index in [4.69, 9.17) is 0 Å². The molecule has 0 aliphatic rings. The minimum absolute atomic E-state index is 1.15. The van der Waals surface area contributed by atoms with E-state index >= 15 is 0 Å². The molecule has 0 fully saturated rings. The Kier molecular flexibility index (Phi) is 12.5. The van der Waals surface area contributed by atoms with Gasteiger partial charge < -0.3 is 9.13 Å². The van der Waals surface area contributed by atoms with E-state index in [-0.39, 0.29) is 0 Å². The summed E-state index contributed by atoms with van der Waals surface area (Å²) in [6.07, 6.45) is 0. The zero-order valence-electron chi connectivity index (χ0n) is 48.1. The summed E-state index contributed by atoms with van der Waals surface area (Å²) in [7, 11) is -3.25. The van der Waals surface area contributed by atoms with Crippen LogP contribution in [0.3, 0.4) is 0 Å². The number of aromatic nitrogens is 2. The van der Waals surface area contributed by atoms with Crippen LogP contribution in [0.2, 0.25) is 0 Å². The average Bonchev–Trinajstić information content (AvgIpc) is 1.36. The molecule has 0 spiro atoms. The van der Waals surface area contributed by atoms with Crippen LogP contribution in [0.5, 0.6) is 0 Å². The van der Waals surface area contributed by atoms with Crippen molar-refractivity contribution in [3.63, 3.8) is 0 Å². The highest BCUT2D eigenvalue weighted by Crippen LogP contribution is 2.41. The number of hydrogen-bond acceptors (Lipinski definition) is 1. The lowest BCUT2D eigenvalue weighted by Gasteiger charge is -2.35. The molecule has 0 aliphatic carbocycles. The fourth-order valence-electron chi connectivity index (χ4n) is 14.2. The summed E-state index contributed by atoms with van der Waals surface area (Å²) in [5.74, 6) is 0. The molecule has 3 heterocycles. The highest BCUT2D eigenvalue weighted by atomic mass is 32.1. The molecule has 2 nitrogen and oxygen atoms in total. The molecule has 0 N–H and O–H groups in total. The van der Waals surface area contributed by atoms with Gasteiger partial charge in [0.05, 0.1) is 22.1 Å². The van der Waals surface area contributed by atoms with Crippen molar-refractivity contribution in [3.8, 4) is 67.0 Å². The summed E-state index contributed by atoms with van der Waals surface area (Å²) in [6.45, 7) is 0. The number of para-hydroxylation sites is 3. The first kappa shape index (κ1) is 51.5. The van der Waals surface area contributed by atoms with Gasteiger partial charge in [-0.25, -0.2) is 0 Å². The largest absolute Gasteiger partial charge is 0.309 e. The van der Waals surface area contributed by atoms with E-state index in [1.807, 2.05) is 11.3 Å². The van der Waals surface area contributed by atoms with Crippen molar-refractivity contribution in [3.05, 3.63) is 340 Å². The van der Waals surface area contributed by atoms with E-state index < -0.39 is 8.07 Å². The molecule has 17 rings (SSSR count). The van der Waals surface area contributed by atoms with E-state index in [1.165, 1.54) is 140 Å². The SMILES string of the molecule is c1ccc(-c2cccc(-c3cccc(-c4cccc(-c5cccc(-c6cccc([Si](c7ccccc7)(c7ccccc7)c7cc(-n8c9ccccc9c9cc(-n%10c%11ccccc%11c%11ccccc%11%10)ccc98)cc8c7sc7ccccc78)c6)c5)c4)c3)c2)cc1. The first-order chi connectivity index (χ1) is 43.6. The molecular formula is C84H56N2SSi. The fraction of sp³-hybridized carbons (Fsp3) is 0. The summed E-state index contributed by atoms with van der Waals surface area (Å²) in [5, 5.41) is 12.9.